The Morgan fingerprint density at radius 3 is 2.50 bits per heavy atom. The van der Waals surface area contributed by atoms with Gasteiger partial charge < -0.3 is 15.2 Å². The summed E-state index contributed by atoms with van der Waals surface area (Å²) in [5.41, 5.74) is 6.26. The molecule has 4 nitrogen and oxygen atoms in total. The van der Waals surface area contributed by atoms with E-state index in [2.05, 4.69) is 0 Å². The number of hydrogen-bond acceptors (Lipinski definition) is 4. The molecule has 0 radical (unpaired) electrons. The third-order valence-electron chi connectivity index (χ3n) is 4.49. The number of ketones is 1. The number of Topliss-reactive ketones (excluding diaryl/α,β-unsaturated/α-hetero) is 1. The molecule has 2 N–H and O–H groups in total. The standard InChI is InChI=1S/C16H21NO3/c17-11-16(6-2-1-3-7-16)15(18)12-4-5-13-14(10-12)20-9-8-19-13/h4-5,10H,1-3,6-9,11,17H2. The number of fused-ring (bicyclic) bond motifs is 1. The summed E-state index contributed by atoms with van der Waals surface area (Å²) in [7, 11) is 0. The Balaban J connectivity index is 1.89. The van der Waals surface area contributed by atoms with Crippen LogP contribution in [0.1, 0.15) is 42.5 Å². The minimum absolute atomic E-state index is 0.164. The van der Waals surface area contributed by atoms with Gasteiger partial charge in [-0.25, -0.2) is 0 Å². The molecule has 4 heteroatoms. The van der Waals surface area contributed by atoms with Crippen molar-refractivity contribution in [2.24, 2.45) is 11.1 Å². The van der Waals surface area contributed by atoms with Gasteiger partial charge in [0.15, 0.2) is 17.3 Å². The Morgan fingerprint density at radius 1 is 1.10 bits per heavy atom. The molecule has 1 fully saturated rings. The molecule has 1 heterocycles. The summed E-state index contributed by atoms with van der Waals surface area (Å²) in [6.07, 6.45) is 5.19. The Morgan fingerprint density at radius 2 is 1.80 bits per heavy atom. The van der Waals surface area contributed by atoms with E-state index in [0.717, 1.165) is 31.4 Å². The van der Waals surface area contributed by atoms with Crippen LogP contribution in [0.5, 0.6) is 11.5 Å². The number of ether oxygens (including phenoxy) is 2. The van der Waals surface area contributed by atoms with E-state index < -0.39 is 0 Å². The van der Waals surface area contributed by atoms with Crippen LogP contribution in [-0.4, -0.2) is 25.5 Å². The number of carbonyl (C=O) groups excluding carboxylic acids is 1. The average molecular weight is 275 g/mol. The molecule has 1 aromatic carbocycles. The summed E-state index contributed by atoms with van der Waals surface area (Å²) in [5.74, 6) is 1.56. The molecule has 20 heavy (non-hydrogen) atoms. The van der Waals surface area contributed by atoms with Gasteiger partial charge in [-0.1, -0.05) is 19.3 Å². The summed E-state index contributed by atoms with van der Waals surface area (Å²) in [5, 5.41) is 0. The summed E-state index contributed by atoms with van der Waals surface area (Å²) in [6.45, 7) is 1.53. The maximum atomic E-state index is 12.9. The van der Waals surface area contributed by atoms with Gasteiger partial charge in [0.05, 0.1) is 0 Å². The second kappa shape index (κ2) is 5.44. The molecule has 1 saturated carbocycles. The van der Waals surface area contributed by atoms with Gasteiger partial charge in [0.2, 0.25) is 0 Å². The van der Waals surface area contributed by atoms with Crippen LogP contribution in [0.4, 0.5) is 0 Å². The highest BCUT2D eigenvalue weighted by atomic mass is 16.6. The second-order valence-electron chi connectivity index (χ2n) is 5.73. The van der Waals surface area contributed by atoms with E-state index in [1.54, 1.807) is 0 Å². The lowest BCUT2D eigenvalue weighted by Crippen LogP contribution is -2.40. The smallest absolute Gasteiger partial charge is 0.170 e. The Hall–Kier alpha value is -1.55. The van der Waals surface area contributed by atoms with E-state index >= 15 is 0 Å². The third-order valence-corrected chi connectivity index (χ3v) is 4.49. The lowest BCUT2D eigenvalue weighted by atomic mass is 9.69. The average Bonchev–Trinajstić information content (AvgIpc) is 2.54. The molecule has 0 unspecified atom stereocenters. The van der Waals surface area contributed by atoms with Crippen molar-refractivity contribution in [3.8, 4) is 11.5 Å². The zero-order valence-electron chi connectivity index (χ0n) is 11.7. The highest BCUT2D eigenvalue weighted by Gasteiger charge is 2.38. The molecular weight excluding hydrogens is 254 g/mol. The minimum Gasteiger partial charge on any atom is -0.486 e. The predicted molar refractivity (Wildman–Crippen MR) is 76.3 cm³/mol. The normalized spacial score (nSPS) is 20.4. The predicted octanol–water partition coefficient (Wildman–Crippen LogP) is 2.55. The third kappa shape index (κ3) is 2.29. The lowest BCUT2D eigenvalue weighted by Gasteiger charge is -2.35. The first-order chi connectivity index (χ1) is 9.75. The van der Waals surface area contributed by atoms with E-state index in [1.807, 2.05) is 18.2 Å². The van der Waals surface area contributed by atoms with Gasteiger partial charge >= 0.3 is 0 Å². The molecule has 0 saturated heterocycles. The molecule has 1 aromatic rings. The number of hydrogen-bond donors (Lipinski definition) is 1. The fraction of sp³-hybridized carbons (Fsp3) is 0.562. The van der Waals surface area contributed by atoms with Crippen molar-refractivity contribution in [2.75, 3.05) is 19.8 Å². The second-order valence-corrected chi connectivity index (χ2v) is 5.73. The van der Waals surface area contributed by atoms with Crippen LogP contribution in [0.3, 0.4) is 0 Å². The van der Waals surface area contributed by atoms with Crippen LogP contribution in [0.25, 0.3) is 0 Å². The fourth-order valence-electron chi connectivity index (χ4n) is 3.24. The molecule has 0 amide bonds. The van der Waals surface area contributed by atoms with Crippen molar-refractivity contribution in [3.63, 3.8) is 0 Å². The van der Waals surface area contributed by atoms with Crippen molar-refractivity contribution in [2.45, 2.75) is 32.1 Å². The minimum atomic E-state index is -0.373. The molecule has 2 aliphatic rings. The molecule has 0 spiro atoms. The summed E-state index contributed by atoms with van der Waals surface area (Å²) < 4.78 is 11.1. The quantitative estimate of drug-likeness (QED) is 0.861. The number of benzene rings is 1. The summed E-state index contributed by atoms with van der Waals surface area (Å²) in [4.78, 5) is 12.9. The van der Waals surface area contributed by atoms with Gasteiger partial charge in [-0.15, -0.1) is 0 Å². The largest absolute Gasteiger partial charge is 0.486 e. The van der Waals surface area contributed by atoms with Crippen molar-refractivity contribution in [1.82, 2.24) is 0 Å². The van der Waals surface area contributed by atoms with E-state index in [-0.39, 0.29) is 11.2 Å². The van der Waals surface area contributed by atoms with E-state index in [1.165, 1.54) is 6.42 Å². The molecule has 3 rings (SSSR count). The maximum absolute atomic E-state index is 12.9. The van der Waals surface area contributed by atoms with E-state index in [0.29, 0.717) is 31.1 Å². The molecule has 0 atom stereocenters. The van der Waals surface area contributed by atoms with Crippen LogP contribution >= 0.6 is 0 Å². The molecular formula is C16H21NO3. The zero-order valence-corrected chi connectivity index (χ0v) is 11.7. The van der Waals surface area contributed by atoms with Crippen molar-refractivity contribution in [3.05, 3.63) is 23.8 Å². The number of rotatable bonds is 3. The van der Waals surface area contributed by atoms with Crippen LogP contribution in [-0.2, 0) is 0 Å². The lowest BCUT2D eigenvalue weighted by molar-refractivity contribution is 0.0728. The van der Waals surface area contributed by atoms with Crippen LogP contribution in [0, 0.1) is 5.41 Å². The Kier molecular flexibility index (Phi) is 3.66. The SMILES string of the molecule is NCC1(C(=O)c2ccc3c(c2)OCCO3)CCCCC1. The fourth-order valence-corrected chi connectivity index (χ4v) is 3.24. The van der Waals surface area contributed by atoms with Gasteiger partial charge in [0.1, 0.15) is 13.2 Å². The van der Waals surface area contributed by atoms with E-state index in [4.69, 9.17) is 15.2 Å². The Bertz CT molecular complexity index is 506. The van der Waals surface area contributed by atoms with Gasteiger partial charge in [-0.05, 0) is 31.0 Å². The Labute approximate surface area is 119 Å². The van der Waals surface area contributed by atoms with Crippen LogP contribution in [0.2, 0.25) is 0 Å². The molecule has 0 aromatic heterocycles. The highest BCUT2D eigenvalue weighted by molar-refractivity contribution is 6.01. The van der Waals surface area contributed by atoms with Gasteiger partial charge in [-0.3, -0.25) is 4.79 Å². The topological polar surface area (TPSA) is 61.6 Å². The summed E-state index contributed by atoms with van der Waals surface area (Å²) in [6, 6.07) is 5.47. The highest BCUT2D eigenvalue weighted by Crippen LogP contribution is 2.40. The van der Waals surface area contributed by atoms with E-state index in [9.17, 15) is 4.79 Å². The van der Waals surface area contributed by atoms with Gasteiger partial charge in [-0.2, -0.15) is 0 Å². The maximum Gasteiger partial charge on any atom is 0.170 e. The first-order valence-electron chi connectivity index (χ1n) is 7.40. The van der Waals surface area contributed by atoms with Crippen molar-refractivity contribution >= 4 is 5.78 Å². The first-order valence-corrected chi connectivity index (χ1v) is 7.40. The van der Waals surface area contributed by atoms with Crippen molar-refractivity contribution in [1.29, 1.82) is 0 Å². The molecule has 1 aliphatic carbocycles. The molecule has 1 aliphatic heterocycles. The summed E-state index contributed by atoms with van der Waals surface area (Å²) >= 11 is 0. The van der Waals surface area contributed by atoms with Gasteiger partial charge in [0.25, 0.3) is 0 Å². The number of nitrogens with two attached hydrogens (primary N) is 1. The number of carbonyl (C=O) groups is 1. The molecule has 0 bridgehead atoms. The first kappa shape index (κ1) is 13.4. The zero-order chi connectivity index (χ0) is 14.0. The van der Waals surface area contributed by atoms with Crippen LogP contribution < -0.4 is 15.2 Å². The molecule has 108 valence electrons. The van der Waals surface area contributed by atoms with Crippen molar-refractivity contribution < 1.29 is 14.3 Å². The monoisotopic (exact) mass is 275 g/mol. The van der Waals surface area contributed by atoms with Crippen LogP contribution in [0.15, 0.2) is 18.2 Å². The van der Waals surface area contributed by atoms with Gasteiger partial charge in [0, 0.05) is 17.5 Å².